The van der Waals surface area contributed by atoms with Crippen molar-refractivity contribution in [2.45, 2.75) is 39.2 Å². The summed E-state index contributed by atoms with van der Waals surface area (Å²) in [6.07, 6.45) is 2.94. The van der Waals surface area contributed by atoms with E-state index in [1.54, 1.807) is 11.3 Å². The highest BCUT2D eigenvalue weighted by molar-refractivity contribution is 7.09. The Bertz CT molecular complexity index is 522. The molecule has 0 aliphatic rings. The number of halogens is 1. The van der Waals surface area contributed by atoms with Crippen LogP contribution in [0.1, 0.15) is 29.6 Å². The van der Waals surface area contributed by atoms with Gasteiger partial charge in [0.25, 0.3) is 0 Å². The van der Waals surface area contributed by atoms with Crippen LogP contribution in [-0.4, -0.2) is 17.6 Å². The molecular formula is C16H21FN2S. The highest BCUT2D eigenvalue weighted by atomic mass is 32.1. The van der Waals surface area contributed by atoms with E-state index in [0.29, 0.717) is 6.04 Å². The zero-order valence-corrected chi connectivity index (χ0v) is 12.8. The molecule has 1 heterocycles. The van der Waals surface area contributed by atoms with Gasteiger partial charge in [-0.25, -0.2) is 9.37 Å². The number of nitrogens with one attached hydrogen (secondary N) is 1. The fourth-order valence-corrected chi connectivity index (χ4v) is 3.03. The molecule has 0 aliphatic heterocycles. The summed E-state index contributed by atoms with van der Waals surface area (Å²) in [5, 5.41) is 6.82. The number of hydrogen-bond acceptors (Lipinski definition) is 3. The summed E-state index contributed by atoms with van der Waals surface area (Å²) < 4.78 is 13.0. The summed E-state index contributed by atoms with van der Waals surface area (Å²) in [6, 6.07) is 7.14. The molecule has 0 fully saturated rings. The van der Waals surface area contributed by atoms with Crippen molar-refractivity contribution in [3.63, 3.8) is 0 Å². The summed E-state index contributed by atoms with van der Waals surface area (Å²) in [4.78, 5) is 4.53. The molecule has 2 rings (SSSR count). The Hall–Kier alpha value is -1.26. The van der Waals surface area contributed by atoms with E-state index >= 15 is 0 Å². The lowest BCUT2D eigenvalue weighted by Crippen LogP contribution is -2.33. The smallest absolute Gasteiger partial charge is 0.123 e. The fraction of sp³-hybridized carbons (Fsp3) is 0.438. The van der Waals surface area contributed by atoms with E-state index in [1.165, 1.54) is 17.1 Å². The van der Waals surface area contributed by atoms with Crippen molar-refractivity contribution in [2.24, 2.45) is 0 Å². The monoisotopic (exact) mass is 292 g/mol. The second-order valence-electron chi connectivity index (χ2n) is 5.07. The molecule has 0 spiro atoms. The largest absolute Gasteiger partial charge is 0.313 e. The minimum Gasteiger partial charge on any atom is -0.313 e. The zero-order valence-electron chi connectivity index (χ0n) is 12.0. The molecule has 0 amide bonds. The fourth-order valence-electron chi connectivity index (χ4n) is 2.18. The molecule has 0 radical (unpaired) electrons. The van der Waals surface area contributed by atoms with Gasteiger partial charge in [0.15, 0.2) is 0 Å². The summed E-state index contributed by atoms with van der Waals surface area (Å²) in [7, 11) is 0. The Morgan fingerprint density at radius 1 is 1.25 bits per heavy atom. The van der Waals surface area contributed by atoms with Gasteiger partial charge in [0.05, 0.1) is 5.01 Å². The quantitative estimate of drug-likeness (QED) is 0.841. The average Bonchev–Trinajstić information content (AvgIpc) is 2.84. The van der Waals surface area contributed by atoms with Gasteiger partial charge in [0.2, 0.25) is 0 Å². The molecule has 1 atom stereocenters. The highest BCUT2D eigenvalue weighted by Crippen LogP contribution is 2.14. The normalized spacial score (nSPS) is 12.6. The van der Waals surface area contributed by atoms with Crippen LogP contribution in [0.4, 0.5) is 4.39 Å². The van der Waals surface area contributed by atoms with E-state index < -0.39 is 0 Å². The maximum atomic E-state index is 13.0. The Morgan fingerprint density at radius 3 is 2.60 bits per heavy atom. The Morgan fingerprint density at radius 2 is 2.00 bits per heavy atom. The van der Waals surface area contributed by atoms with Crippen LogP contribution in [0.25, 0.3) is 0 Å². The maximum Gasteiger partial charge on any atom is 0.123 e. The second kappa shape index (κ2) is 7.50. The Labute approximate surface area is 124 Å². The van der Waals surface area contributed by atoms with Crippen LogP contribution in [0.2, 0.25) is 0 Å². The third-order valence-corrected chi connectivity index (χ3v) is 4.15. The summed E-state index contributed by atoms with van der Waals surface area (Å²) >= 11 is 1.71. The Balaban J connectivity index is 2.00. The third-order valence-electron chi connectivity index (χ3n) is 3.17. The molecule has 1 N–H and O–H groups in total. The number of aromatic nitrogens is 1. The minimum absolute atomic E-state index is 0.178. The minimum atomic E-state index is -0.178. The first kappa shape index (κ1) is 15.1. The molecule has 2 nitrogen and oxygen atoms in total. The average molecular weight is 292 g/mol. The van der Waals surface area contributed by atoms with Crippen molar-refractivity contribution in [3.05, 3.63) is 51.7 Å². The van der Waals surface area contributed by atoms with Crippen LogP contribution in [0.5, 0.6) is 0 Å². The van der Waals surface area contributed by atoms with Crippen molar-refractivity contribution in [1.82, 2.24) is 10.3 Å². The van der Waals surface area contributed by atoms with E-state index in [2.05, 4.69) is 22.6 Å². The van der Waals surface area contributed by atoms with Crippen LogP contribution in [0, 0.1) is 12.7 Å². The van der Waals surface area contributed by atoms with Gasteiger partial charge in [-0.05, 0) is 44.0 Å². The van der Waals surface area contributed by atoms with Gasteiger partial charge in [-0.15, -0.1) is 11.3 Å². The molecule has 1 aromatic carbocycles. The van der Waals surface area contributed by atoms with Crippen LogP contribution in [0.3, 0.4) is 0 Å². The van der Waals surface area contributed by atoms with E-state index in [4.69, 9.17) is 0 Å². The SMILES string of the molecule is CCCNC(Cc1ccc(F)cc1)Cc1nc(C)cs1. The molecule has 2 aromatic rings. The first-order valence-corrected chi connectivity index (χ1v) is 7.94. The van der Waals surface area contributed by atoms with Gasteiger partial charge in [0, 0.05) is 23.5 Å². The molecule has 0 saturated carbocycles. The van der Waals surface area contributed by atoms with Crippen LogP contribution in [-0.2, 0) is 12.8 Å². The van der Waals surface area contributed by atoms with Gasteiger partial charge in [0.1, 0.15) is 5.82 Å². The number of hydrogen-bond donors (Lipinski definition) is 1. The predicted molar refractivity (Wildman–Crippen MR) is 82.7 cm³/mol. The van der Waals surface area contributed by atoms with Gasteiger partial charge < -0.3 is 5.32 Å². The van der Waals surface area contributed by atoms with Crippen molar-refractivity contribution in [1.29, 1.82) is 0 Å². The lowest BCUT2D eigenvalue weighted by molar-refractivity contribution is 0.503. The molecule has 0 aliphatic carbocycles. The summed E-state index contributed by atoms with van der Waals surface area (Å²) in [6.45, 7) is 5.18. The molecule has 0 bridgehead atoms. The summed E-state index contributed by atoms with van der Waals surface area (Å²) in [5.74, 6) is -0.178. The molecule has 0 saturated heterocycles. The number of rotatable bonds is 7. The Kier molecular flexibility index (Phi) is 5.68. The molecule has 4 heteroatoms. The van der Waals surface area contributed by atoms with Gasteiger partial charge in [-0.3, -0.25) is 0 Å². The van der Waals surface area contributed by atoms with E-state index in [9.17, 15) is 4.39 Å². The molecule has 1 aromatic heterocycles. The molecule has 1 unspecified atom stereocenters. The summed E-state index contributed by atoms with van der Waals surface area (Å²) in [5.41, 5.74) is 2.24. The van der Waals surface area contributed by atoms with Crippen LogP contribution in [0.15, 0.2) is 29.6 Å². The predicted octanol–water partition coefficient (Wildman–Crippen LogP) is 3.74. The van der Waals surface area contributed by atoms with Crippen LogP contribution < -0.4 is 5.32 Å². The highest BCUT2D eigenvalue weighted by Gasteiger charge is 2.12. The van der Waals surface area contributed by atoms with Crippen molar-refractivity contribution < 1.29 is 4.39 Å². The van der Waals surface area contributed by atoms with Crippen molar-refractivity contribution in [2.75, 3.05) is 6.54 Å². The number of nitrogens with zero attached hydrogens (tertiary/aromatic N) is 1. The number of benzene rings is 1. The first-order valence-electron chi connectivity index (χ1n) is 7.06. The number of aryl methyl sites for hydroxylation is 1. The lowest BCUT2D eigenvalue weighted by Gasteiger charge is -2.17. The second-order valence-corrected chi connectivity index (χ2v) is 6.01. The zero-order chi connectivity index (χ0) is 14.4. The molecular weight excluding hydrogens is 271 g/mol. The standard InChI is InChI=1S/C16H21FN2S/c1-3-8-18-15(10-16-19-12(2)11-20-16)9-13-4-6-14(17)7-5-13/h4-7,11,15,18H,3,8-10H2,1-2H3. The van der Waals surface area contributed by atoms with Gasteiger partial charge >= 0.3 is 0 Å². The van der Waals surface area contributed by atoms with Gasteiger partial charge in [-0.2, -0.15) is 0 Å². The van der Waals surface area contributed by atoms with Crippen LogP contribution >= 0.6 is 11.3 Å². The van der Waals surface area contributed by atoms with E-state index in [-0.39, 0.29) is 5.82 Å². The van der Waals surface area contributed by atoms with Gasteiger partial charge in [-0.1, -0.05) is 19.1 Å². The van der Waals surface area contributed by atoms with E-state index in [1.807, 2.05) is 19.1 Å². The molecule has 20 heavy (non-hydrogen) atoms. The maximum absolute atomic E-state index is 13.0. The van der Waals surface area contributed by atoms with E-state index in [0.717, 1.165) is 37.1 Å². The third kappa shape index (κ3) is 4.69. The van der Waals surface area contributed by atoms with Crippen molar-refractivity contribution in [3.8, 4) is 0 Å². The number of thiazole rings is 1. The topological polar surface area (TPSA) is 24.9 Å². The van der Waals surface area contributed by atoms with Crippen molar-refractivity contribution >= 4 is 11.3 Å². The first-order chi connectivity index (χ1) is 9.67. The lowest BCUT2D eigenvalue weighted by atomic mass is 10.0. The molecule has 108 valence electrons.